The van der Waals surface area contributed by atoms with Crippen LogP contribution in [0.4, 0.5) is 0 Å². The molecule has 0 aliphatic heterocycles. The zero-order chi connectivity index (χ0) is 18.6. The van der Waals surface area contributed by atoms with Crippen molar-refractivity contribution in [3.8, 4) is 10.8 Å². The molecule has 4 aromatic rings. The monoisotopic (exact) mass is 415 g/mol. The van der Waals surface area contributed by atoms with Crippen LogP contribution < -0.4 is 5.32 Å². The maximum Gasteiger partial charge on any atom is 0.277 e. The fraction of sp³-hybridized carbons (Fsp3) is 0.105. The number of aromatic nitrogens is 2. The van der Waals surface area contributed by atoms with Crippen LogP contribution in [-0.2, 0) is 11.3 Å². The third-order valence-corrected chi connectivity index (χ3v) is 6.28. The SMILES string of the molecule is O=C(CSc1nnc(-c2sc3ccccc3c2Cl)o1)NCc1ccccc1. The van der Waals surface area contributed by atoms with E-state index in [1.807, 2.05) is 54.6 Å². The average Bonchev–Trinajstić information content (AvgIpc) is 3.30. The van der Waals surface area contributed by atoms with Gasteiger partial charge in [-0.3, -0.25) is 4.79 Å². The van der Waals surface area contributed by atoms with Gasteiger partial charge in [-0.2, -0.15) is 0 Å². The van der Waals surface area contributed by atoms with Gasteiger partial charge in [-0.25, -0.2) is 0 Å². The van der Waals surface area contributed by atoms with E-state index in [0.717, 1.165) is 20.5 Å². The Morgan fingerprint density at radius 1 is 1.11 bits per heavy atom. The molecule has 0 spiro atoms. The number of thioether (sulfide) groups is 1. The quantitative estimate of drug-likeness (QED) is 0.448. The summed E-state index contributed by atoms with van der Waals surface area (Å²) in [5.74, 6) is 0.478. The molecule has 0 aliphatic rings. The molecule has 2 heterocycles. The molecule has 5 nitrogen and oxygen atoms in total. The number of carbonyl (C=O) groups is 1. The van der Waals surface area contributed by atoms with E-state index >= 15 is 0 Å². The van der Waals surface area contributed by atoms with Gasteiger partial charge in [0.1, 0.15) is 4.88 Å². The minimum atomic E-state index is -0.0940. The van der Waals surface area contributed by atoms with Crippen LogP contribution in [0, 0.1) is 0 Å². The molecule has 27 heavy (non-hydrogen) atoms. The third-order valence-electron chi connectivity index (χ3n) is 3.79. The molecule has 0 unspecified atom stereocenters. The number of fused-ring (bicyclic) bond motifs is 1. The van der Waals surface area contributed by atoms with Crippen LogP contribution in [0.3, 0.4) is 0 Å². The molecule has 2 aromatic carbocycles. The van der Waals surface area contributed by atoms with E-state index in [1.54, 1.807) is 0 Å². The molecule has 0 fully saturated rings. The van der Waals surface area contributed by atoms with Crippen molar-refractivity contribution >= 4 is 50.7 Å². The number of nitrogens with one attached hydrogen (secondary N) is 1. The number of halogens is 1. The largest absolute Gasteiger partial charge is 0.410 e. The Morgan fingerprint density at radius 2 is 1.89 bits per heavy atom. The maximum absolute atomic E-state index is 12.0. The van der Waals surface area contributed by atoms with Gasteiger partial charge in [0.2, 0.25) is 5.91 Å². The lowest BCUT2D eigenvalue weighted by Crippen LogP contribution is -2.24. The Bertz CT molecular complexity index is 1080. The van der Waals surface area contributed by atoms with Crippen molar-refractivity contribution in [1.82, 2.24) is 15.5 Å². The van der Waals surface area contributed by atoms with Crippen LogP contribution in [0.25, 0.3) is 20.9 Å². The number of thiophene rings is 1. The minimum absolute atomic E-state index is 0.0940. The van der Waals surface area contributed by atoms with Gasteiger partial charge in [-0.15, -0.1) is 21.5 Å². The van der Waals surface area contributed by atoms with E-state index in [1.165, 1.54) is 23.1 Å². The molecule has 0 bridgehead atoms. The van der Waals surface area contributed by atoms with Gasteiger partial charge in [0, 0.05) is 16.6 Å². The molecule has 136 valence electrons. The third kappa shape index (κ3) is 4.16. The summed E-state index contributed by atoms with van der Waals surface area (Å²) < 4.78 is 6.74. The highest BCUT2D eigenvalue weighted by Crippen LogP contribution is 2.41. The van der Waals surface area contributed by atoms with Crippen molar-refractivity contribution in [2.45, 2.75) is 11.8 Å². The van der Waals surface area contributed by atoms with Crippen LogP contribution in [0.2, 0.25) is 5.02 Å². The number of carbonyl (C=O) groups excluding carboxylic acids is 1. The zero-order valence-corrected chi connectivity index (χ0v) is 16.4. The van der Waals surface area contributed by atoms with Crippen LogP contribution in [-0.4, -0.2) is 21.9 Å². The van der Waals surface area contributed by atoms with Crippen molar-refractivity contribution in [2.24, 2.45) is 0 Å². The summed E-state index contributed by atoms with van der Waals surface area (Å²) >= 11 is 9.14. The number of hydrogen-bond acceptors (Lipinski definition) is 6. The lowest BCUT2D eigenvalue weighted by atomic mass is 10.2. The first-order valence-corrected chi connectivity index (χ1v) is 10.3. The fourth-order valence-corrected chi connectivity index (χ4v) is 4.51. The molecule has 0 radical (unpaired) electrons. The smallest absolute Gasteiger partial charge is 0.277 e. The Morgan fingerprint density at radius 3 is 2.70 bits per heavy atom. The Hall–Kier alpha value is -2.35. The Balaban J connectivity index is 1.38. The molecular weight excluding hydrogens is 402 g/mol. The van der Waals surface area contributed by atoms with Gasteiger partial charge < -0.3 is 9.73 Å². The summed E-state index contributed by atoms with van der Waals surface area (Å²) in [6.07, 6.45) is 0. The topological polar surface area (TPSA) is 68.0 Å². The van der Waals surface area contributed by atoms with Crippen molar-refractivity contribution in [3.63, 3.8) is 0 Å². The first kappa shape index (κ1) is 18.0. The number of benzene rings is 2. The summed E-state index contributed by atoms with van der Waals surface area (Å²) in [4.78, 5) is 12.7. The molecule has 1 amide bonds. The molecular formula is C19H14ClN3O2S2. The fourth-order valence-electron chi connectivity index (χ4n) is 2.49. The highest BCUT2D eigenvalue weighted by Gasteiger charge is 2.18. The number of rotatable bonds is 6. The second-order valence-electron chi connectivity index (χ2n) is 5.67. The molecule has 0 aliphatic carbocycles. The maximum atomic E-state index is 12.0. The lowest BCUT2D eigenvalue weighted by molar-refractivity contribution is -0.118. The van der Waals surface area contributed by atoms with Gasteiger partial charge in [0.25, 0.3) is 11.1 Å². The highest BCUT2D eigenvalue weighted by molar-refractivity contribution is 7.99. The van der Waals surface area contributed by atoms with Crippen LogP contribution in [0.5, 0.6) is 0 Å². The summed E-state index contributed by atoms with van der Waals surface area (Å²) in [5.41, 5.74) is 1.05. The number of amides is 1. The van der Waals surface area contributed by atoms with Crippen LogP contribution >= 0.6 is 34.7 Å². The predicted molar refractivity (Wildman–Crippen MR) is 109 cm³/mol. The van der Waals surface area contributed by atoms with E-state index < -0.39 is 0 Å². The highest BCUT2D eigenvalue weighted by atomic mass is 35.5. The van der Waals surface area contributed by atoms with Crippen molar-refractivity contribution in [1.29, 1.82) is 0 Å². The average molecular weight is 416 g/mol. The molecule has 1 N–H and O–H groups in total. The van der Waals surface area contributed by atoms with E-state index in [0.29, 0.717) is 22.7 Å². The van der Waals surface area contributed by atoms with Gasteiger partial charge in [-0.1, -0.05) is 71.9 Å². The summed E-state index contributed by atoms with van der Waals surface area (Å²) in [6.45, 7) is 0.493. The van der Waals surface area contributed by atoms with Crippen molar-refractivity contribution < 1.29 is 9.21 Å². The van der Waals surface area contributed by atoms with Gasteiger partial charge in [-0.05, 0) is 11.6 Å². The first-order valence-electron chi connectivity index (χ1n) is 8.15. The zero-order valence-electron chi connectivity index (χ0n) is 14.0. The van der Waals surface area contributed by atoms with Gasteiger partial charge >= 0.3 is 0 Å². The molecule has 8 heteroatoms. The van der Waals surface area contributed by atoms with Crippen LogP contribution in [0.1, 0.15) is 5.56 Å². The normalized spacial score (nSPS) is 11.0. The van der Waals surface area contributed by atoms with E-state index in [2.05, 4.69) is 15.5 Å². The molecule has 2 aromatic heterocycles. The second kappa shape index (κ2) is 8.12. The minimum Gasteiger partial charge on any atom is -0.410 e. The number of nitrogens with zero attached hydrogens (tertiary/aromatic N) is 2. The molecule has 0 atom stereocenters. The molecule has 0 saturated carbocycles. The Labute approximate surface area is 168 Å². The molecule has 4 rings (SSSR count). The second-order valence-corrected chi connectivity index (χ2v) is 8.02. The van der Waals surface area contributed by atoms with Crippen LogP contribution in [0.15, 0.2) is 64.2 Å². The lowest BCUT2D eigenvalue weighted by Gasteiger charge is -2.03. The first-order chi connectivity index (χ1) is 13.2. The standard InChI is InChI=1S/C19H14ClN3O2S2/c20-16-13-8-4-5-9-14(13)27-17(16)18-22-23-19(25-18)26-11-15(24)21-10-12-6-2-1-3-7-12/h1-9H,10-11H2,(H,21,24). The van der Waals surface area contributed by atoms with Crippen molar-refractivity contribution in [2.75, 3.05) is 5.75 Å². The van der Waals surface area contributed by atoms with E-state index in [-0.39, 0.29) is 11.7 Å². The summed E-state index contributed by atoms with van der Waals surface area (Å²) in [5, 5.41) is 12.9. The van der Waals surface area contributed by atoms with Crippen molar-refractivity contribution in [3.05, 3.63) is 65.2 Å². The Kier molecular flexibility index (Phi) is 5.42. The van der Waals surface area contributed by atoms with Gasteiger partial charge in [0.05, 0.1) is 10.8 Å². The summed E-state index contributed by atoms with van der Waals surface area (Å²) in [6, 6.07) is 17.6. The molecule has 0 saturated heterocycles. The summed E-state index contributed by atoms with van der Waals surface area (Å²) in [7, 11) is 0. The van der Waals surface area contributed by atoms with Gasteiger partial charge in [0.15, 0.2) is 0 Å². The number of hydrogen-bond donors (Lipinski definition) is 1. The van der Waals surface area contributed by atoms with E-state index in [4.69, 9.17) is 16.0 Å². The predicted octanol–water partition coefficient (Wildman–Crippen LogP) is 5.01. The van der Waals surface area contributed by atoms with E-state index in [9.17, 15) is 4.79 Å².